The van der Waals surface area contributed by atoms with Crippen molar-refractivity contribution in [2.45, 2.75) is 38.1 Å². The van der Waals surface area contributed by atoms with E-state index < -0.39 is 0 Å². The van der Waals surface area contributed by atoms with E-state index in [1.165, 1.54) is 19.4 Å². The van der Waals surface area contributed by atoms with Gasteiger partial charge in [-0.1, -0.05) is 0 Å². The van der Waals surface area contributed by atoms with Gasteiger partial charge in [-0.2, -0.15) is 0 Å². The zero-order valence-electron chi connectivity index (χ0n) is 11.0. The Morgan fingerprint density at radius 3 is 3.39 bits per heavy atom. The lowest BCUT2D eigenvalue weighted by Gasteiger charge is -2.35. The first-order chi connectivity index (χ1) is 8.85. The summed E-state index contributed by atoms with van der Waals surface area (Å²) >= 11 is 0. The Labute approximate surface area is 108 Å². The topological polar surface area (TPSA) is 42.3 Å². The van der Waals surface area contributed by atoms with Crippen molar-refractivity contribution in [3.05, 3.63) is 18.2 Å². The van der Waals surface area contributed by atoms with Crippen LogP contribution in [0.1, 0.15) is 18.5 Å². The van der Waals surface area contributed by atoms with E-state index in [0.29, 0.717) is 12.1 Å². The Bertz CT molecular complexity index is 392. The van der Waals surface area contributed by atoms with Crippen molar-refractivity contribution in [2.24, 2.45) is 0 Å². The molecule has 5 heteroatoms. The average molecular weight is 250 g/mol. The van der Waals surface area contributed by atoms with Crippen LogP contribution < -0.4 is 5.32 Å². The highest BCUT2D eigenvalue weighted by Gasteiger charge is 2.32. The van der Waals surface area contributed by atoms with Gasteiger partial charge in [-0.15, -0.1) is 0 Å². The van der Waals surface area contributed by atoms with Crippen LogP contribution in [-0.4, -0.2) is 53.3 Å². The minimum atomic E-state index is 0.316. The van der Waals surface area contributed by atoms with Crippen LogP contribution >= 0.6 is 0 Å². The van der Waals surface area contributed by atoms with Crippen molar-refractivity contribution < 1.29 is 4.74 Å². The molecule has 2 aliphatic heterocycles. The number of fused-ring (bicyclic) bond motifs is 1. The van der Waals surface area contributed by atoms with Crippen molar-refractivity contribution in [1.82, 2.24) is 19.8 Å². The van der Waals surface area contributed by atoms with E-state index in [9.17, 15) is 0 Å². The fourth-order valence-electron chi connectivity index (χ4n) is 3.01. The van der Waals surface area contributed by atoms with Gasteiger partial charge in [0, 0.05) is 25.3 Å². The molecule has 0 amide bonds. The normalized spacial score (nSPS) is 28.5. The third kappa shape index (κ3) is 2.58. The zero-order chi connectivity index (χ0) is 12.4. The lowest BCUT2D eigenvalue weighted by atomic mass is 10.2. The monoisotopic (exact) mass is 250 g/mol. The highest BCUT2D eigenvalue weighted by molar-refractivity contribution is 4.96. The van der Waals surface area contributed by atoms with E-state index in [2.05, 4.69) is 26.0 Å². The van der Waals surface area contributed by atoms with Crippen molar-refractivity contribution >= 4 is 0 Å². The van der Waals surface area contributed by atoms with Gasteiger partial charge >= 0.3 is 0 Å². The molecule has 0 radical (unpaired) electrons. The second-order valence-corrected chi connectivity index (χ2v) is 5.34. The molecular weight excluding hydrogens is 228 g/mol. The molecule has 2 aliphatic rings. The second-order valence-electron chi connectivity index (χ2n) is 5.34. The minimum Gasteiger partial charge on any atom is -0.373 e. The zero-order valence-corrected chi connectivity index (χ0v) is 11.0. The van der Waals surface area contributed by atoms with Gasteiger partial charge in [0.05, 0.1) is 31.3 Å². The number of imidazole rings is 1. The number of nitrogens with zero attached hydrogens (tertiary/aromatic N) is 3. The number of aromatic nitrogens is 2. The summed E-state index contributed by atoms with van der Waals surface area (Å²) in [6, 6.07) is 0.684. The highest BCUT2D eigenvalue weighted by atomic mass is 16.5. The number of hydrogen-bond acceptors (Lipinski definition) is 4. The molecule has 1 N–H and O–H groups in total. The Morgan fingerprint density at radius 2 is 2.50 bits per heavy atom. The van der Waals surface area contributed by atoms with Gasteiger partial charge in [-0.05, 0) is 26.4 Å². The maximum atomic E-state index is 5.96. The maximum absolute atomic E-state index is 5.96. The summed E-state index contributed by atoms with van der Waals surface area (Å²) in [7, 11) is 1.94. The molecular formula is C13H22N4O. The smallest absolute Gasteiger partial charge is 0.0950 e. The van der Waals surface area contributed by atoms with E-state index >= 15 is 0 Å². The molecule has 0 bridgehead atoms. The summed E-state index contributed by atoms with van der Waals surface area (Å²) in [5, 5.41) is 3.12. The molecule has 0 spiro atoms. The van der Waals surface area contributed by atoms with Crippen LogP contribution in [0.25, 0.3) is 0 Å². The van der Waals surface area contributed by atoms with Crippen molar-refractivity contribution in [3.8, 4) is 0 Å². The number of ether oxygens (including phenoxy) is 1. The van der Waals surface area contributed by atoms with Crippen molar-refractivity contribution in [2.75, 3.05) is 26.7 Å². The largest absolute Gasteiger partial charge is 0.373 e. The number of hydrogen-bond donors (Lipinski definition) is 1. The van der Waals surface area contributed by atoms with E-state index in [-0.39, 0.29) is 0 Å². The molecule has 2 unspecified atom stereocenters. The average Bonchev–Trinajstić information content (AvgIpc) is 2.98. The summed E-state index contributed by atoms with van der Waals surface area (Å²) in [4.78, 5) is 6.95. The molecule has 5 nitrogen and oxygen atoms in total. The van der Waals surface area contributed by atoms with E-state index in [0.717, 1.165) is 31.9 Å². The van der Waals surface area contributed by atoms with Crippen LogP contribution in [0.5, 0.6) is 0 Å². The standard InChI is InChI=1S/C13H22N4O/c1-14-5-11-6-16(10-15-11)7-13-8-17-4-2-3-12(17)9-18-13/h6,10,12-14H,2-5,7-9H2,1H3. The summed E-state index contributed by atoms with van der Waals surface area (Å²) in [6.07, 6.45) is 6.97. The number of rotatable bonds is 4. The van der Waals surface area contributed by atoms with Gasteiger partial charge in [0.25, 0.3) is 0 Å². The van der Waals surface area contributed by atoms with Crippen LogP contribution in [0, 0.1) is 0 Å². The summed E-state index contributed by atoms with van der Waals surface area (Å²) in [5.41, 5.74) is 1.09. The summed E-state index contributed by atoms with van der Waals surface area (Å²) < 4.78 is 8.11. The molecule has 100 valence electrons. The highest BCUT2D eigenvalue weighted by Crippen LogP contribution is 2.23. The lowest BCUT2D eigenvalue weighted by molar-refractivity contribution is -0.0551. The SMILES string of the molecule is CNCc1cn(CC2CN3CCCC3CO2)cn1. The number of morpholine rings is 1. The second kappa shape index (κ2) is 5.38. The third-order valence-corrected chi connectivity index (χ3v) is 3.92. The maximum Gasteiger partial charge on any atom is 0.0950 e. The molecule has 0 saturated carbocycles. The third-order valence-electron chi connectivity index (χ3n) is 3.92. The Balaban J connectivity index is 1.55. The molecule has 3 rings (SSSR count). The summed E-state index contributed by atoms with van der Waals surface area (Å²) in [5.74, 6) is 0. The fraction of sp³-hybridized carbons (Fsp3) is 0.769. The molecule has 1 aromatic rings. The number of nitrogens with one attached hydrogen (secondary N) is 1. The first-order valence-corrected chi connectivity index (χ1v) is 6.86. The van der Waals surface area contributed by atoms with Gasteiger partial charge in [0.15, 0.2) is 0 Å². The van der Waals surface area contributed by atoms with Crippen molar-refractivity contribution in [3.63, 3.8) is 0 Å². The Morgan fingerprint density at radius 1 is 1.56 bits per heavy atom. The van der Waals surface area contributed by atoms with Crippen LogP contribution in [-0.2, 0) is 17.8 Å². The van der Waals surface area contributed by atoms with E-state index in [1.807, 2.05) is 13.4 Å². The Hall–Kier alpha value is -0.910. The molecule has 0 aliphatic carbocycles. The molecule has 1 aromatic heterocycles. The minimum absolute atomic E-state index is 0.316. The summed E-state index contributed by atoms with van der Waals surface area (Å²) in [6.45, 7) is 4.97. The molecule has 2 atom stereocenters. The van der Waals surface area contributed by atoms with Crippen LogP contribution in [0.3, 0.4) is 0 Å². The predicted octanol–water partition coefficient (Wildman–Crippen LogP) is 0.466. The van der Waals surface area contributed by atoms with Gasteiger partial charge in [-0.25, -0.2) is 4.98 Å². The lowest BCUT2D eigenvalue weighted by Crippen LogP contribution is -2.47. The fourth-order valence-corrected chi connectivity index (χ4v) is 3.01. The van der Waals surface area contributed by atoms with E-state index in [4.69, 9.17) is 4.74 Å². The van der Waals surface area contributed by atoms with Gasteiger partial charge < -0.3 is 14.6 Å². The van der Waals surface area contributed by atoms with Crippen molar-refractivity contribution in [1.29, 1.82) is 0 Å². The predicted molar refractivity (Wildman–Crippen MR) is 69.3 cm³/mol. The van der Waals surface area contributed by atoms with Gasteiger partial charge in [-0.3, -0.25) is 4.90 Å². The first kappa shape index (κ1) is 12.1. The molecule has 18 heavy (non-hydrogen) atoms. The molecule has 3 heterocycles. The van der Waals surface area contributed by atoms with Crippen LogP contribution in [0.2, 0.25) is 0 Å². The molecule has 2 saturated heterocycles. The van der Waals surface area contributed by atoms with Crippen LogP contribution in [0.15, 0.2) is 12.5 Å². The quantitative estimate of drug-likeness (QED) is 0.843. The van der Waals surface area contributed by atoms with Crippen LogP contribution in [0.4, 0.5) is 0 Å². The molecule has 0 aromatic carbocycles. The van der Waals surface area contributed by atoms with E-state index in [1.54, 1.807) is 0 Å². The first-order valence-electron chi connectivity index (χ1n) is 6.86. The van der Waals surface area contributed by atoms with Gasteiger partial charge in [0.1, 0.15) is 0 Å². The molecule has 2 fully saturated rings. The van der Waals surface area contributed by atoms with Gasteiger partial charge in [0.2, 0.25) is 0 Å². The Kier molecular flexibility index (Phi) is 3.63.